The largest absolute Gasteiger partial charge is 0.508 e. The first kappa shape index (κ1) is 12.9. The van der Waals surface area contributed by atoms with E-state index in [9.17, 15) is 14.3 Å². The number of methoxy groups -OCH3 is 1. The molecule has 5 heteroatoms. The minimum atomic E-state index is -0.669. The van der Waals surface area contributed by atoms with Crippen LogP contribution in [0.1, 0.15) is 10.4 Å². The summed E-state index contributed by atoms with van der Waals surface area (Å²) >= 11 is 0. The van der Waals surface area contributed by atoms with Crippen molar-refractivity contribution in [2.75, 3.05) is 12.4 Å². The molecule has 2 rings (SSSR count). The second-order valence-electron chi connectivity index (χ2n) is 3.82. The highest BCUT2D eigenvalue weighted by Crippen LogP contribution is 2.23. The molecule has 0 aliphatic carbocycles. The summed E-state index contributed by atoms with van der Waals surface area (Å²) in [5, 5.41) is 11.8. The number of hydrogen-bond donors (Lipinski definition) is 2. The van der Waals surface area contributed by atoms with E-state index in [0.29, 0.717) is 5.69 Å². The molecular weight excluding hydrogens is 249 g/mol. The SMILES string of the molecule is COc1cccc(F)c1C(=O)Nc1cccc(O)c1. The van der Waals surface area contributed by atoms with Gasteiger partial charge in [-0.05, 0) is 24.3 Å². The van der Waals surface area contributed by atoms with Gasteiger partial charge in [0, 0.05) is 11.8 Å². The van der Waals surface area contributed by atoms with E-state index >= 15 is 0 Å². The van der Waals surface area contributed by atoms with Crippen LogP contribution in [-0.4, -0.2) is 18.1 Å². The molecule has 0 radical (unpaired) electrons. The number of carbonyl (C=O) groups is 1. The van der Waals surface area contributed by atoms with Crippen LogP contribution >= 0.6 is 0 Å². The third-order valence-corrected chi connectivity index (χ3v) is 2.53. The van der Waals surface area contributed by atoms with Crippen molar-refractivity contribution in [3.8, 4) is 11.5 Å². The Morgan fingerprint density at radius 2 is 2.00 bits per heavy atom. The number of aromatic hydroxyl groups is 1. The molecule has 0 spiro atoms. The van der Waals surface area contributed by atoms with Crippen molar-refractivity contribution in [2.45, 2.75) is 0 Å². The Balaban J connectivity index is 2.30. The fourth-order valence-corrected chi connectivity index (χ4v) is 1.67. The molecule has 2 N–H and O–H groups in total. The van der Waals surface area contributed by atoms with Crippen LogP contribution in [0.15, 0.2) is 42.5 Å². The zero-order valence-corrected chi connectivity index (χ0v) is 10.2. The molecule has 4 nitrogen and oxygen atoms in total. The van der Waals surface area contributed by atoms with Crippen LogP contribution in [0.4, 0.5) is 10.1 Å². The molecule has 2 aromatic rings. The molecule has 0 saturated heterocycles. The van der Waals surface area contributed by atoms with E-state index in [1.165, 1.54) is 37.4 Å². The number of amides is 1. The first-order valence-corrected chi connectivity index (χ1v) is 5.54. The number of benzene rings is 2. The smallest absolute Gasteiger partial charge is 0.262 e. The molecule has 19 heavy (non-hydrogen) atoms. The highest BCUT2D eigenvalue weighted by atomic mass is 19.1. The minimum absolute atomic E-state index is 0.0123. The molecule has 0 fully saturated rings. The second kappa shape index (κ2) is 5.39. The highest BCUT2D eigenvalue weighted by Gasteiger charge is 2.17. The molecule has 0 heterocycles. The Kier molecular flexibility index (Phi) is 3.66. The predicted molar refractivity (Wildman–Crippen MR) is 69.0 cm³/mol. The Morgan fingerprint density at radius 1 is 1.26 bits per heavy atom. The lowest BCUT2D eigenvalue weighted by atomic mass is 10.1. The molecule has 2 aromatic carbocycles. The van der Waals surface area contributed by atoms with Crippen molar-refractivity contribution in [1.82, 2.24) is 0 Å². The third kappa shape index (κ3) is 2.82. The molecule has 0 aliphatic heterocycles. The normalized spacial score (nSPS) is 10.0. The molecule has 0 unspecified atom stereocenters. The van der Waals surface area contributed by atoms with Gasteiger partial charge in [0.15, 0.2) is 0 Å². The summed E-state index contributed by atoms with van der Waals surface area (Å²) in [4.78, 5) is 12.0. The first-order chi connectivity index (χ1) is 9.11. The zero-order valence-electron chi connectivity index (χ0n) is 10.2. The van der Waals surface area contributed by atoms with Gasteiger partial charge in [0.05, 0.1) is 7.11 Å². The van der Waals surface area contributed by atoms with Gasteiger partial charge in [0.25, 0.3) is 5.91 Å². The number of phenols is 1. The van der Waals surface area contributed by atoms with Crippen molar-refractivity contribution >= 4 is 11.6 Å². The lowest BCUT2D eigenvalue weighted by Gasteiger charge is -2.10. The Morgan fingerprint density at radius 3 is 2.68 bits per heavy atom. The van der Waals surface area contributed by atoms with Crippen LogP contribution < -0.4 is 10.1 Å². The lowest BCUT2D eigenvalue weighted by molar-refractivity contribution is 0.102. The summed E-state index contributed by atoms with van der Waals surface area (Å²) in [6.45, 7) is 0. The van der Waals surface area contributed by atoms with Gasteiger partial charge in [-0.2, -0.15) is 0 Å². The van der Waals surface area contributed by atoms with Crippen LogP contribution in [0.2, 0.25) is 0 Å². The zero-order chi connectivity index (χ0) is 13.8. The van der Waals surface area contributed by atoms with Crippen molar-refractivity contribution in [3.63, 3.8) is 0 Å². The van der Waals surface area contributed by atoms with E-state index in [1.807, 2.05) is 0 Å². The summed E-state index contributed by atoms with van der Waals surface area (Å²) < 4.78 is 18.6. The van der Waals surface area contributed by atoms with Gasteiger partial charge < -0.3 is 15.2 Å². The number of anilines is 1. The van der Waals surface area contributed by atoms with E-state index in [2.05, 4.69) is 5.32 Å². The van der Waals surface area contributed by atoms with Crippen molar-refractivity contribution in [2.24, 2.45) is 0 Å². The number of carbonyl (C=O) groups excluding carboxylic acids is 1. The fraction of sp³-hybridized carbons (Fsp3) is 0.0714. The lowest BCUT2D eigenvalue weighted by Crippen LogP contribution is -2.15. The van der Waals surface area contributed by atoms with Crippen LogP contribution in [0.5, 0.6) is 11.5 Å². The average molecular weight is 261 g/mol. The van der Waals surface area contributed by atoms with E-state index in [0.717, 1.165) is 0 Å². The number of rotatable bonds is 3. The molecular formula is C14H12FNO3. The average Bonchev–Trinajstić information content (AvgIpc) is 2.38. The summed E-state index contributed by atoms with van der Waals surface area (Å²) in [6, 6.07) is 10.1. The van der Waals surface area contributed by atoms with Gasteiger partial charge in [-0.25, -0.2) is 4.39 Å². The highest BCUT2D eigenvalue weighted by molar-refractivity contribution is 6.06. The van der Waals surface area contributed by atoms with E-state index < -0.39 is 11.7 Å². The molecule has 1 amide bonds. The van der Waals surface area contributed by atoms with Crippen molar-refractivity contribution in [3.05, 3.63) is 53.8 Å². The summed E-state index contributed by atoms with van der Waals surface area (Å²) in [5.41, 5.74) is 0.198. The topological polar surface area (TPSA) is 58.6 Å². The van der Waals surface area contributed by atoms with Gasteiger partial charge in [0.2, 0.25) is 0 Å². The number of ether oxygens (including phenoxy) is 1. The van der Waals surface area contributed by atoms with Crippen molar-refractivity contribution < 1.29 is 19.0 Å². The summed E-state index contributed by atoms with van der Waals surface area (Å²) in [6.07, 6.45) is 0. The standard InChI is InChI=1S/C14H12FNO3/c1-19-12-7-3-6-11(15)13(12)14(18)16-9-4-2-5-10(17)8-9/h2-8,17H,1H3,(H,16,18). The quantitative estimate of drug-likeness (QED) is 0.893. The summed E-state index contributed by atoms with van der Waals surface area (Å²) in [7, 11) is 1.36. The summed E-state index contributed by atoms with van der Waals surface area (Å²) in [5.74, 6) is -1.14. The van der Waals surface area contributed by atoms with Crippen LogP contribution in [0, 0.1) is 5.82 Å². The first-order valence-electron chi connectivity index (χ1n) is 5.54. The van der Waals surface area contributed by atoms with E-state index in [4.69, 9.17) is 4.74 Å². The predicted octanol–water partition coefficient (Wildman–Crippen LogP) is 2.79. The molecule has 0 saturated carbocycles. The molecule has 0 aromatic heterocycles. The van der Waals surface area contributed by atoms with Crippen LogP contribution in [0.3, 0.4) is 0 Å². The Labute approximate surface area is 109 Å². The monoisotopic (exact) mass is 261 g/mol. The maximum Gasteiger partial charge on any atom is 0.262 e. The van der Waals surface area contributed by atoms with E-state index in [1.54, 1.807) is 12.1 Å². The van der Waals surface area contributed by atoms with Crippen LogP contribution in [-0.2, 0) is 0 Å². The van der Waals surface area contributed by atoms with Gasteiger partial charge in [-0.1, -0.05) is 12.1 Å². The maximum absolute atomic E-state index is 13.7. The minimum Gasteiger partial charge on any atom is -0.508 e. The third-order valence-electron chi connectivity index (χ3n) is 2.53. The fourth-order valence-electron chi connectivity index (χ4n) is 1.67. The van der Waals surface area contributed by atoms with E-state index in [-0.39, 0.29) is 17.1 Å². The maximum atomic E-state index is 13.7. The Hall–Kier alpha value is -2.56. The number of halogens is 1. The number of nitrogens with one attached hydrogen (secondary N) is 1. The number of phenolic OH excluding ortho intramolecular Hbond substituents is 1. The van der Waals surface area contributed by atoms with Gasteiger partial charge in [0.1, 0.15) is 22.9 Å². The molecule has 0 aliphatic rings. The van der Waals surface area contributed by atoms with Crippen LogP contribution in [0.25, 0.3) is 0 Å². The Bertz CT molecular complexity index is 613. The molecule has 0 atom stereocenters. The molecule has 0 bridgehead atoms. The number of hydrogen-bond acceptors (Lipinski definition) is 3. The van der Waals surface area contributed by atoms with Gasteiger partial charge in [-0.3, -0.25) is 4.79 Å². The van der Waals surface area contributed by atoms with Gasteiger partial charge in [-0.15, -0.1) is 0 Å². The second-order valence-corrected chi connectivity index (χ2v) is 3.82. The van der Waals surface area contributed by atoms with Gasteiger partial charge >= 0.3 is 0 Å². The van der Waals surface area contributed by atoms with Crippen molar-refractivity contribution in [1.29, 1.82) is 0 Å². The molecule has 98 valence electrons.